The Morgan fingerprint density at radius 2 is 2.00 bits per heavy atom. The second-order valence-electron chi connectivity index (χ2n) is 9.24. The molecule has 1 aromatic carbocycles. The average molecular weight is 539 g/mol. The molecule has 1 unspecified atom stereocenters. The number of aromatic amines is 1. The summed E-state index contributed by atoms with van der Waals surface area (Å²) in [6.07, 6.45) is 3.27. The Morgan fingerprint density at radius 3 is 2.67 bits per heavy atom. The molecule has 1 atom stereocenters. The number of H-pyrrole nitrogens is 1. The van der Waals surface area contributed by atoms with Crippen LogP contribution in [-0.4, -0.2) is 88.6 Å². The van der Waals surface area contributed by atoms with Gasteiger partial charge in [-0.15, -0.1) is 10.2 Å². The number of carbonyl (C=O) groups excluding carboxylic acids is 1. The summed E-state index contributed by atoms with van der Waals surface area (Å²) in [6.45, 7) is 3.55. The zero-order valence-electron chi connectivity index (χ0n) is 22.4. The summed E-state index contributed by atoms with van der Waals surface area (Å²) in [5.74, 6) is 0.380. The summed E-state index contributed by atoms with van der Waals surface area (Å²) in [5.41, 5.74) is 2.35. The van der Waals surface area contributed by atoms with Gasteiger partial charge in [0.15, 0.2) is 17.3 Å². The number of aromatic nitrogens is 4. The quantitative estimate of drug-likeness (QED) is 0.277. The topological polar surface area (TPSA) is 152 Å². The summed E-state index contributed by atoms with van der Waals surface area (Å²) in [4.78, 5) is 33.5. The van der Waals surface area contributed by atoms with Crippen LogP contribution >= 0.6 is 0 Å². The zero-order valence-corrected chi connectivity index (χ0v) is 22.4. The second-order valence-corrected chi connectivity index (χ2v) is 9.24. The Balaban J connectivity index is 1.65. The minimum absolute atomic E-state index is 0.00557. The monoisotopic (exact) mass is 538 g/mol. The van der Waals surface area contributed by atoms with Gasteiger partial charge in [0.1, 0.15) is 18.0 Å². The number of nitrogens with one attached hydrogen (secondary N) is 2. The highest BCUT2D eigenvalue weighted by atomic mass is 16.5. The molecular weight excluding hydrogens is 504 g/mol. The lowest BCUT2D eigenvalue weighted by molar-refractivity contribution is -0.134. The zero-order chi connectivity index (χ0) is 27.8. The summed E-state index contributed by atoms with van der Waals surface area (Å²) in [5, 5.41) is 20.4. The van der Waals surface area contributed by atoms with Gasteiger partial charge in [-0.2, -0.15) is 4.98 Å². The van der Waals surface area contributed by atoms with Crippen molar-refractivity contribution in [1.82, 2.24) is 25.1 Å². The van der Waals surface area contributed by atoms with Crippen LogP contribution in [0.3, 0.4) is 0 Å². The van der Waals surface area contributed by atoms with Crippen LogP contribution in [0.4, 0.5) is 5.82 Å². The second kappa shape index (κ2) is 13.1. The molecule has 4 rings (SSSR count). The van der Waals surface area contributed by atoms with Gasteiger partial charge in [-0.25, -0.2) is 0 Å². The molecule has 39 heavy (non-hydrogen) atoms. The largest absolute Gasteiger partial charge is 0.494 e. The van der Waals surface area contributed by atoms with E-state index in [2.05, 4.69) is 32.4 Å². The maximum atomic E-state index is 13.2. The molecule has 3 heterocycles. The van der Waals surface area contributed by atoms with Gasteiger partial charge in [-0.3, -0.25) is 9.59 Å². The third-order valence-corrected chi connectivity index (χ3v) is 6.45. The highest BCUT2D eigenvalue weighted by molar-refractivity contribution is 5.93. The molecule has 3 N–H and O–H groups in total. The van der Waals surface area contributed by atoms with Crippen molar-refractivity contribution in [2.24, 2.45) is 0 Å². The summed E-state index contributed by atoms with van der Waals surface area (Å²) in [6, 6.07) is 9.52. The Morgan fingerprint density at radius 1 is 1.21 bits per heavy atom. The first-order valence-electron chi connectivity index (χ1n) is 12.9. The predicted molar refractivity (Wildman–Crippen MR) is 143 cm³/mol. The third-order valence-electron chi connectivity index (χ3n) is 6.45. The fourth-order valence-electron chi connectivity index (χ4n) is 4.29. The molecule has 12 nitrogen and oxygen atoms in total. The van der Waals surface area contributed by atoms with E-state index in [4.69, 9.17) is 19.3 Å². The van der Waals surface area contributed by atoms with Crippen LogP contribution in [0.25, 0.3) is 11.5 Å². The number of aliphatic carboxylic acids is 1. The molecule has 0 spiro atoms. The number of nitrogens with zero attached hydrogens (tertiary/aromatic N) is 4. The summed E-state index contributed by atoms with van der Waals surface area (Å²) < 4.78 is 16.5. The fraction of sp³-hybridized carbons (Fsp3) is 0.444. The van der Waals surface area contributed by atoms with Gasteiger partial charge < -0.3 is 34.5 Å². The number of hydrogen-bond donors (Lipinski definition) is 3. The first kappa shape index (κ1) is 27.8. The maximum absolute atomic E-state index is 13.2. The Labute approximate surface area is 226 Å². The molecule has 0 aliphatic carbocycles. The van der Waals surface area contributed by atoms with Crippen molar-refractivity contribution >= 4 is 17.7 Å². The van der Waals surface area contributed by atoms with Crippen molar-refractivity contribution in [2.45, 2.75) is 38.7 Å². The van der Waals surface area contributed by atoms with E-state index in [-0.39, 0.29) is 30.1 Å². The number of anilines is 1. The number of hydrogen-bond acceptors (Lipinski definition) is 9. The van der Waals surface area contributed by atoms with Crippen LogP contribution in [0.15, 0.2) is 30.3 Å². The lowest BCUT2D eigenvalue weighted by Gasteiger charge is -2.16. The van der Waals surface area contributed by atoms with Gasteiger partial charge in [-0.05, 0) is 48.6 Å². The van der Waals surface area contributed by atoms with Gasteiger partial charge in [-0.1, -0.05) is 25.5 Å². The number of imidazole rings is 1. The molecule has 1 fully saturated rings. The molecule has 1 saturated heterocycles. The van der Waals surface area contributed by atoms with Crippen LogP contribution in [0.2, 0.25) is 0 Å². The van der Waals surface area contributed by atoms with Gasteiger partial charge in [0.2, 0.25) is 0 Å². The predicted octanol–water partition coefficient (Wildman–Crippen LogP) is 3.00. The van der Waals surface area contributed by atoms with Crippen LogP contribution in [-0.2, 0) is 16.0 Å². The lowest BCUT2D eigenvalue weighted by atomic mass is 10.0. The number of carbonyl (C=O) groups is 2. The standard InChI is InChI=1S/C27H34N6O6/c1-4-5-12-39-19-8-6-17(7-9-19)13-18-14-21(27(36)33-11-10-20(16-33)37-2)31-32-23(18)24-29-25(26(30-24)38-3)28-15-22(34)35/h6-9,14,20,28H,4-5,10-13,15-16H2,1-3H3,(H,29,30)(H,34,35). The number of ether oxygens (including phenoxy) is 3. The normalized spacial score (nSPS) is 14.8. The number of methoxy groups -OCH3 is 2. The number of likely N-dealkylation sites (tertiary alicyclic amines) is 1. The van der Waals surface area contributed by atoms with Crippen molar-refractivity contribution < 1.29 is 28.9 Å². The number of carboxylic acids is 1. The van der Waals surface area contributed by atoms with E-state index in [1.807, 2.05) is 24.3 Å². The Bertz CT molecular complexity index is 1280. The van der Waals surface area contributed by atoms with Crippen molar-refractivity contribution in [2.75, 3.05) is 45.8 Å². The van der Waals surface area contributed by atoms with E-state index in [1.54, 1.807) is 18.1 Å². The van der Waals surface area contributed by atoms with E-state index in [0.717, 1.165) is 36.1 Å². The van der Waals surface area contributed by atoms with E-state index >= 15 is 0 Å². The van der Waals surface area contributed by atoms with Gasteiger partial charge in [0, 0.05) is 20.2 Å². The third kappa shape index (κ3) is 7.02. The molecule has 2 aromatic heterocycles. The Hall–Kier alpha value is -4.19. The number of amides is 1. The van der Waals surface area contributed by atoms with Crippen molar-refractivity contribution in [3.63, 3.8) is 0 Å². The molecule has 1 amide bonds. The fourth-order valence-corrected chi connectivity index (χ4v) is 4.29. The van der Waals surface area contributed by atoms with Crippen LogP contribution in [0, 0.1) is 0 Å². The minimum Gasteiger partial charge on any atom is -0.494 e. The molecule has 0 radical (unpaired) electrons. The molecule has 0 saturated carbocycles. The van der Waals surface area contributed by atoms with Crippen LogP contribution in [0.1, 0.15) is 47.8 Å². The number of rotatable bonds is 13. The van der Waals surface area contributed by atoms with Gasteiger partial charge >= 0.3 is 5.97 Å². The van der Waals surface area contributed by atoms with E-state index in [9.17, 15) is 9.59 Å². The van der Waals surface area contributed by atoms with Crippen molar-refractivity contribution in [3.8, 4) is 23.1 Å². The molecular formula is C27H34N6O6. The van der Waals surface area contributed by atoms with E-state index in [1.165, 1.54) is 7.11 Å². The van der Waals surface area contributed by atoms with E-state index in [0.29, 0.717) is 43.5 Å². The van der Waals surface area contributed by atoms with Crippen molar-refractivity contribution in [1.29, 1.82) is 0 Å². The van der Waals surface area contributed by atoms with Gasteiger partial charge in [0.25, 0.3) is 11.8 Å². The summed E-state index contributed by atoms with van der Waals surface area (Å²) >= 11 is 0. The van der Waals surface area contributed by atoms with Crippen molar-refractivity contribution in [3.05, 3.63) is 47.2 Å². The Kier molecular flexibility index (Phi) is 9.31. The number of unbranched alkanes of at least 4 members (excludes halogenated alkanes) is 1. The molecule has 3 aromatic rings. The number of carboxylic acid groups (broad SMARTS) is 1. The molecule has 1 aliphatic heterocycles. The molecule has 208 valence electrons. The first-order valence-corrected chi connectivity index (χ1v) is 12.9. The number of benzene rings is 1. The minimum atomic E-state index is -1.03. The highest BCUT2D eigenvalue weighted by Crippen LogP contribution is 2.29. The molecule has 0 bridgehead atoms. The smallest absolute Gasteiger partial charge is 0.322 e. The van der Waals surface area contributed by atoms with Gasteiger partial charge in [0.05, 0.1) is 19.8 Å². The molecule has 1 aliphatic rings. The summed E-state index contributed by atoms with van der Waals surface area (Å²) in [7, 11) is 3.08. The van der Waals surface area contributed by atoms with Crippen LogP contribution in [0.5, 0.6) is 11.6 Å². The maximum Gasteiger partial charge on any atom is 0.322 e. The highest BCUT2D eigenvalue weighted by Gasteiger charge is 2.29. The lowest BCUT2D eigenvalue weighted by Crippen LogP contribution is -2.31. The molecule has 12 heteroatoms. The first-order chi connectivity index (χ1) is 18.9. The van der Waals surface area contributed by atoms with E-state index < -0.39 is 5.97 Å². The van der Waals surface area contributed by atoms with Crippen LogP contribution < -0.4 is 14.8 Å². The average Bonchev–Trinajstić information content (AvgIpc) is 3.60. The SMILES string of the molecule is CCCCOc1ccc(Cc2cc(C(=O)N3CCC(OC)C3)nnc2-c2nc(OC)c(NCC(=O)O)[nH]2)cc1.